The van der Waals surface area contributed by atoms with Crippen molar-refractivity contribution in [2.45, 2.75) is 38.3 Å². The molecule has 1 atom stereocenters. The molecule has 1 aliphatic carbocycles. The fraction of sp³-hybridized carbons (Fsp3) is 0.333. The Labute approximate surface area is 153 Å². The van der Waals surface area contributed by atoms with Crippen LogP contribution in [0.4, 0.5) is 4.79 Å². The van der Waals surface area contributed by atoms with E-state index in [-0.39, 0.29) is 11.9 Å². The summed E-state index contributed by atoms with van der Waals surface area (Å²) >= 11 is 0. The molecule has 1 heterocycles. The van der Waals surface area contributed by atoms with Gasteiger partial charge in [0.25, 0.3) is 5.91 Å². The van der Waals surface area contributed by atoms with E-state index < -0.39 is 5.54 Å². The lowest BCUT2D eigenvalue weighted by Crippen LogP contribution is -2.46. The van der Waals surface area contributed by atoms with E-state index in [0.717, 1.165) is 40.8 Å². The van der Waals surface area contributed by atoms with Crippen molar-refractivity contribution >= 4 is 11.9 Å². The number of benzene rings is 2. The number of urea groups is 1. The lowest BCUT2D eigenvalue weighted by molar-refractivity contribution is -0.132. The predicted octanol–water partition coefficient (Wildman–Crippen LogP) is 3.29. The number of carbonyl (C=O) groups is 2. The molecule has 2 aromatic rings. The van der Waals surface area contributed by atoms with Crippen molar-refractivity contribution in [3.05, 3.63) is 64.7 Å². The molecule has 0 bridgehead atoms. The number of rotatable bonds is 3. The first kappa shape index (κ1) is 16.6. The molecule has 1 spiro atoms. The summed E-state index contributed by atoms with van der Waals surface area (Å²) < 4.78 is 5.31. The number of hydrogen-bond acceptors (Lipinski definition) is 3. The highest BCUT2D eigenvalue weighted by molar-refractivity contribution is 6.07. The molecule has 3 amide bonds. The highest BCUT2D eigenvalue weighted by Crippen LogP contribution is 2.41. The maximum absolute atomic E-state index is 13.3. The van der Waals surface area contributed by atoms with Crippen molar-refractivity contribution in [1.82, 2.24) is 10.2 Å². The average molecular weight is 350 g/mol. The zero-order chi connectivity index (χ0) is 18.3. The quantitative estimate of drug-likeness (QED) is 0.864. The minimum Gasteiger partial charge on any atom is -0.497 e. The Hall–Kier alpha value is -2.82. The number of aryl methyl sites for hydroxylation is 2. The van der Waals surface area contributed by atoms with Gasteiger partial charge in [0.05, 0.1) is 13.7 Å². The van der Waals surface area contributed by atoms with E-state index in [1.807, 2.05) is 49.4 Å². The Morgan fingerprint density at radius 1 is 1.19 bits per heavy atom. The number of nitrogens with one attached hydrogen (secondary N) is 1. The lowest BCUT2D eigenvalue weighted by Gasteiger charge is -2.33. The summed E-state index contributed by atoms with van der Waals surface area (Å²) in [4.78, 5) is 27.4. The number of carbonyl (C=O) groups excluding carboxylic acids is 2. The summed E-state index contributed by atoms with van der Waals surface area (Å²) in [7, 11) is 1.63. The van der Waals surface area contributed by atoms with E-state index >= 15 is 0 Å². The standard InChI is InChI=1S/C21H22N2O3/c1-14-6-3-4-7-16(14)13-23-19(24)21(22-20(23)25)11-5-8-15-12-17(26-2)9-10-18(15)21/h3-4,6-7,9-10,12H,5,8,11,13H2,1-2H3,(H,22,25)/t21-/m1/s1. The molecule has 1 fully saturated rings. The predicted molar refractivity (Wildman–Crippen MR) is 97.9 cm³/mol. The smallest absolute Gasteiger partial charge is 0.325 e. The molecule has 1 saturated heterocycles. The Balaban J connectivity index is 1.71. The Bertz CT molecular complexity index is 893. The molecule has 0 unspecified atom stereocenters. The van der Waals surface area contributed by atoms with Crippen LogP contribution in [-0.2, 0) is 23.3 Å². The van der Waals surface area contributed by atoms with Crippen molar-refractivity contribution in [2.75, 3.05) is 7.11 Å². The molecule has 2 aromatic carbocycles. The molecule has 1 aliphatic heterocycles. The van der Waals surface area contributed by atoms with Crippen molar-refractivity contribution < 1.29 is 14.3 Å². The SMILES string of the molecule is COc1ccc2c(c1)CCC[C@@]21NC(=O)N(Cc2ccccc2C)C1=O. The Kier molecular flexibility index (Phi) is 3.94. The lowest BCUT2D eigenvalue weighted by atomic mass is 9.76. The molecule has 0 aromatic heterocycles. The zero-order valence-electron chi connectivity index (χ0n) is 15.0. The first-order valence-electron chi connectivity index (χ1n) is 8.91. The van der Waals surface area contributed by atoms with Crippen molar-refractivity contribution in [1.29, 1.82) is 0 Å². The van der Waals surface area contributed by atoms with Crippen LogP contribution < -0.4 is 10.1 Å². The van der Waals surface area contributed by atoms with E-state index in [9.17, 15) is 9.59 Å². The minimum absolute atomic E-state index is 0.156. The van der Waals surface area contributed by atoms with E-state index in [0.29, 0.717) is 13.0 Å². The first-order chi connectivity index (χ1) is 12.5. The Morgan fingerprint density at radius 3 is 2.77 bits per heavy atom. The van der Waals surface area contributed by atoms with Gasteiger partial charge in [-0.15, -0.1) is 0 Å². The second-order valence-electron chi connectivity index (χ2n) is 7.03. The van der Waals surface area contributed by atoms with Crippen LogP contribution in [0.5, 0.6) is 5.75 Å². The van der Waals surface area contributed by atoms with Gasteiger partial charge in [0, 0.05) is 0 Å². The summed E-state index contributed by atoms with van der Waals surface area (Å²) in [6, 6.07) is 13.3. The van der Waals surface area contributed by atoms with E-state index in [1.165, 1.54) is 4.90 Å². The van der Waals surface area contributed by atoms with Gasteiger partial charge < -0.3 is 10.1 Å². The average Bonchev–Trinajstić information content (AvgIpc) is 2.88. The van der Waals surface area contributed by atoms with Crippen molar-refractivity contribution in [3.63, 3.8) is 0 Å². The summed E-state index contributed by atoms with van der Waals surface area (Å²) in [5.41, 5.74) is 3.08. The van der Waals surface area contributed by atoms with Crippen LogP contribution in [0.2, 0.25) is 0 Å². The van der Waals surface area contributed by atoms with Gasteiger partial charge in [-0.1, -0.05) is 30.3 Å². The molecule has 0 saturated carbocycles. The second kappa shape index (κ2) is 6.16. The van der Waals surface area contributed by atoms with E-state index in [2.05, 4.69) is 5.32 Å². The van der Waals surface area contributed by atoms with Gasteiger partial charge in [0.15, 0.2) is 0 Å². The van der Waals surface area contributed by atoms with Gasteiger partial charge in [-0.05, 0) is 60.6 Å². The third-order valence-electron chi connectivity index (χ3n) is 5.54. The summed E-state index contributed by atoms with van der Waals surface area (Å²) in [6.07, 6.45) is 2.36. The molecule has 1 N–H and O–H groups in total. The van der Waals surface area contributed by atoms with Crippen molar-refractivity contribution in [3.8, 4) is 5.75 Å². The van der Waals surface area contributed by atoms with Crippen LogP contribution >= 0.6 is 0 Å². The van der Waals surface area contributed by atoms with Crippen LogP contribution in [0.1, 0.15) is 35.1 Å². The molecule has 26 heavy (non-hydrogen) atoms. The fourth-order valence-electron chi connectivity index (χ4n) is 4.08. The van der Waals surface area contributed by atoms with Crippen LogP contribution in [0, 0.1) is 6.92 Å². The van der Waals surface area contributed by atoms with Gasteiger partial charge in [0.2, 0.25) is 0 Å². The first-order valence-corrected chi connectivity index (χ1v) is 8.91. The van der Waals surface area contributed by atoms with Gasteiger partial charge in [-0.3, -0.25) is 9.69 Å². The summed E-state index contributed by atoms with van der Waals surface area (Å²) in [5, 5.41) is 3.00. The number of imide groups is 1. The highest BCUT2D eigenvalue weighted by atomic mass is 16.5. The van der Waals surface area contributed by atoms with E-state index in [4.69, 9.17) is 4.74 Å². The van der Waals surface area contributed by atoms with Crippen molar-refractivity contribution in [2.24, 2.45) is 0 Å². The topological polar surface area (TPSA) is 58.6 Å². The molecule has 0 radical (unpaired) electrons. The number of fused-ring (bicyclic) bond motifs is 2. The highest BCUT2D eigenvalue weighted by Gasteiger charge is 2.53. The largest absolute Gasteiger partial charge is 0.497 e. The van der Waals surface area contributed by atoms with Gasteiger partial charge in [0.1, 0.15) is 11.3 Å². The number of methoxy groups -OCH3 is 1. The third kappa shape index (κ3) is 2.46. The maximum Gasteiger partial charge on any atom is 0.325 e. The second-order valence-corrected chi connectivity index (χ2v) is 7.03. The van der Waals surface area contributed by atoms with Crippen LogP contribution in [-0.4, -0.2) is 23.9 Å². The normalized spacial score (nSPS) is 21.7. The molecule has 4 rings (SSSR count). The Morgan fingerprint density at radius 2 is 2.00 bits per heavy atom. The third-order valence-corrected chi connectivity index (χ3v) is 5.54. The van der Waals surface area contributed by atoms with Crippen LogP contribution in [0.15, 0.2) is 42.5 Å². The van der Waals surface area contributed by atoms with E-state index in [1.54, 1.807) is 7.11 Å². The molecule has 5 heteroatoms. The zero-order valence-corrected chi connectivity index (χ0v) is 15.0. The number of amides is 3. The molecular weight excluding hydrogens is 328 g/mol. The van der Waals surface area contributed by atoms with Crippen LogP contribution in [0.3, 0.4) is 0 Å². The molecule has 5 nitrogen and oxygen atoms in total. The number of nitrogens with zero attached hydrogens (tertiary/aromatic N) is 1. The van der Waals surface area contributed by atoms with Crippen LogP contribution in [0.25, 0.3) is 0 Å². The van der Waals surface area contributed by atoms with Gasteiger partial charge in [-0.25, -0.2) is 4.79 Å². The fourth-order valence-corrected chi connectivity index (χ4v) is 4.08. The van der Waals surface area contributed by atoms with Gasteiger partial charge >= 0.3 is 6.03 Å². The number of hydrogen-bond donors (Lipinski definition) is 1. The summed E-state index contributed by atoms with van der Waals surface area (Å²) in [5.74, 6) is 0.617. The van der Waals surface area contributed by atoms with Gasteiger partial charge in [-0.2, -0.15) is 0 Å². The monoisotopic (exact) mass is 350 g/mol. The maximum atomic E-state index is 13.3. The molecule has 2 aliphatic rings. The molecular formula is C21H22N2O3. The summed E-state index contributed by atoms with van der Waals surface area (Å²) in [6.45, 7) is 2.29. The number of ether oxygens (including phenoxy) is 1. The molecule has 134 valence electrons. The minimum atomic E-state index is -0.945.